The minimum Gasteiger partial charge on any atom is -0.467 e. The number of amides is 1. The maximum absolute atomic E-state index is 13.5. The molecule has 0 saturated heterocycles. The van der Waals surface area contributed by atoms with E-state index < -0.39 is 23.2 Å². The van der Waals surface area contributed by atoms with Crippen molar-refractivity contribution in [3.8, 4) is 0 Å². The van der Waals surface area contributed by atoms with Gasteiger partial charge in [-0.1, -0.05) is 6.07 Å². The van der Waals surface area contributed by atoms with Crippen LogP contribution < -0.4 is 10.6 Å². The van der Waals surface area contributed by atoms with Gasteiger partial charge >= 0.3 is 0 Å². The minimum atomic E-state index is -0.868. The Hall–Kier alpha value is -3.29. The van der Waals surface area contributed by atoms with E-state index in [4.69, 9.17) is 4.42 Å². The Morgan fingerprint density at radius 3 is 2.46 bits per heavy atom. The summed E-state index contributed by atoms with van der Waals surface area (Å²) in [6.45, 7) is 0.410. The normalized spacial score (nSPS) is 10.4. The Morgan fingerprint density at radius 2 is 1.83 bits per heavy atom. The highest BCUT2D eigenvalue weighted by atomic mass is 19.1. The summed E-state index contributed by atoms with van der Waals surface area (Å²) in [6.07, 6.45) is 1.55. The summed E-state index contributed by atoms with van der Waals surface area (Å²) in [4.78, 5) is 12.0. The predicted octanol–water partition coefficient (Wildman–Crippen LogP) is 3.21. The van der Waals surface area contributed by atoms with E-state index in [1.807, 2.05) is 0 Å². The quantitative estimate of drug-likeness (QED) is 0.751. The minimum absolute atomic E-state index is 0.0683. The molecular weight excluding hydrogens is 318 g/mol. The zero-order chi connectivity index (χ0) is 16.9. The number of benzene rings is 1. The number of carbonyl (C=O) groups excluding carboxylic acids is 1. The van der Waals surface area contributed by atoms with Crippen molar-refractivity contribution in [2.75, 3.05) is 10.6 Å². The Labute approximate surface area is 135 Å². The average Bonchev–Trinajstić information content (AvgIpc) is 3.10. The molecule has 0 unspecified atom stereocenters. The van der Waals surface area contributed by atoms with Crippen LogP contribution >= 0.6 is 0 Å². The van der Waals surface area contributed by atoms with E-state index in [0.29, 0.717) is 18.1 Å². The van der Waals surface area contributed by atoms with Crippen molar-refractivity contribution in [3.63, 3.8) is 0 Å². The van der Waals surface area contributed by atoms with Gasteiger partial charge in [-0.05, 0) is 36.4 Å². The molecule has 0 atom stereocenters. The first-order chi connectivity index (χ1) is 11.6. The SMILES string of the molecule is O=C(Nc1c(F)cccc1F)c1ccc(NCc2ccco2)nn1. The highest BCUT2D eigenvalue weighted by Crippen LogP contribution is 2.18. The Morgan fingerprint density at radius 1 is 1.04 bits per heavy atom. The summed E-state index contributed by atoms with van der Waals surface area (Å²) in [5, 5.41) is 12.7. The van der Waals surface area contributed by atoms with Crippen LogP contribution in [0.2, 0.25) is 0 Å². The van der Waals surface area contributed by atoms with Crippen molar-refractivity contribution in [1.82, 2.24) is 10.2 Å². The number of halogens is 2. The van der Waals surface area contributed by atoms with Crippen LogP contribution in [0.4, 0.5) is 20.3 Å². The van der Waals surface area contributed by atoms with E-state index in [2.05, 4.69) is 20.8 Å². The van der Waals surface area contributed by atoms with E-state index in [1.54, 1.807) is 18.4 Å². The van der Waals surface area contributed by atoms with Crippen LogP contribution in [0.1, 0.15) is 16.2 Å². The Balaban J connectivity index is 1.65. The van der Waals surface area contributed by atoms with Gasteiger partial charge in [-0.2, -0.15) is 0 Å². The lowest BCUT2D eigenvalue weighted by Gasteiger charge is -2.07. The summed E-state index contributed by atoms with van der Waals surface area (Å²) in [6, 6.07) is 9.79. The smallest absolute Gasteiger partial charge is 0.276 e. The molecule has 2 aromatic heterocycles. The maximum atomic E-state index is 13.5. The molecule has 8 heteroatoms. The number of hydrogen-bond acceptors (Lipinski definition) is 5. The molecule has 0 saturated carbocycles. The summed E-state index contributed by atoms with van der Waals surface area (Å²) in [5.41, 5.74) is -0.592. The number of carbonyl (C=O) groups is 1. The summed E-state index contributed by atoms with van der Waals surface area (Å²) in [7, 11) is 0. The van der Waals surface area contributed by atoms with Gasteiger partial charge in [0.15, 0.2) is 5.69 Å². The summed E-state index contributed by atoms with van der Waals surface area (Å²) >= 11 is 0. The largest absolute Gasteiger partial charge is 0.467 e. The van der Waals surface area contributed by atoms with Gasteiger partial charge < -0.3 is 15.1 Å². The van der Waals surface area contributed by atoms with Crippen molar-refractivity contribution >= 4 is 17.4 Å². The fourth-order valence-electron chi connectivity index (χ4n) is 1.93. The standard InChI is InChI=1S/C16H12F2N4O2/c17-11-4-1-5-12(18)15(11)20-16(23)13-6-7-14(22-21-13)19-9-10-3-2-8-24-10/h1-8H,9H2,(H,19,22)(H,20,23). The third kappa shape index (κ3) is 3.54. The molecule has 0 aliphatic rings. The topological polar surface area (TPSA) is 80.0 Å². The third-order valence-corrected chi connectivity index (χ3v) is 3.12. The van der Waals surface area contributed by atoms with Crippen LogP contribution in [-0.2, 0) is 6.54 Å². The molecule has 2 heterocycles. The maximum Gasteiger partial charge on any atom is 0.276 e. The molecule has 24 heavy (non-hydrogen) atoms. The van der Waals surface area contributed by atoms with Gasteiger partial charge in [0, 0.05) is 0 Å². The second-order valence-electron chi connectivity index (χ2n) is 4.79. The lowest BCUT2D eigenvalue weighted by Crippen LogP contribution is -2.16. The van der Waals surface area contributed by atoms with E-state index in [-0.39, 0.29) is 5.69 Å². The zero-order valence-electron chi connectivity index (χ0n) is 12.3. The van der Waals surface area contributed by atoms with Gasteiger partial charge in [0.05, 0.1) is 12.8 Å². The number of aromatic nitrogens is 2. The third-order valence-electron chi connectivity index (χ3n) is 3.12. The molecule has 1 amide bonds. The van der Waals surface area contributed by atoms with E-state index in [9.17, 15) is 13.6 Å². The molecule has 0 aliphatic carbocycles. The molecule has 0 spiro atoms. The first-order valence-corrected chi connectivity index (χ1v) is 6.99. The molecule has 3 aromatic rings. The first-order valence-electron chi connectivity index (χ1n) is 6.99. The lowest BCUT2D eigenvalue weighted by molar-refractivity contribution is 0.102. The molecule has 0 fully saturated rings. The van der Waals surface area contributed by atoms with Crippen LogP contribution in [0.25, 0.3) is 0 Å². The van der Waals surface area contributed by atoms with Crippen molar-refractivity contribution in [2.24, 2.45) is 0 Å². The number of anilines is 2. The van der Waals surface area contributed by atoms with Gasteiger partial charge in [-0.25, -0.2) is 8.78 Å². The molecular formula is C16H12F2N4O2. The highest BCUT2D eigenvalue weighted by molar-refractivity contribution is 6.02. The fraction of sp³-hybridized carbons (Fsp3) is 0.0625. The van der Waals surface area contributed by atoms with Crippen molar-refractivity contribution in [2.45, 2.75) is 6.54 Å². The second-order valence-corrected chi connectivity index (χ2v) is 4.79. The number of para-hydroxylation sites is 1. The van der Waals surface area contributed by atoms with Crippen molar-refractivity contribution < 1.29 is 18.0 Å². The predicted molar refractivity (Wildman–Crippen MR) is 82.4 cm³/mol. The van der Waals surface area contributed by atoms with Crippen LogP contribution in [0, 0.1) is 11.6 Å². The van der Waals surface area contributed by atoms with E-state index >= 15 is 0 Å². The van der Waals surface area contributed by atoms with Gasteiger partial charge in [-0.15, -0.1) is 10.2 Å². The van der Waals surface area contributed by atoms with E-state index in [0.717, 1.165) is 12.1 Å². The molecule has 122 valence electrons. The Kier molecular flexibility index (Phi) is 4.46. The van der Waals surface area contributed by atoms with Gasteiger partial charge in [0.25, 0.3) is 5.91 Å². The van der Waals surface area contributed by atoms with Crippen LogP contribution in [-0.4, -0.2) is 16.1 Å². The zero-order valence-corrected chi connectivity index (χ0v) is 12.3. The number of hydrogen-bond donors (Lipinski definition) is 2. The summed E-state index contributed by atoms with van der Waals surface area (Å²) in [5.74, 6) is -1.35. The molecule has 0 bridgehead atoms. The fourth-order valence-corrected chi connectivity index (χ4v) is 1.93. The van der Waals surface area contributed by atoms with Crippen LogP contribution in [0.3, 0.4) is 0 Å². The average molecular weight is 330 g/mol. The number of rotatable bonds is 5. The lowest BCUT2D eigenvalue weighted by atomic mass is 10.2. The van der Waals surface area contributed by atoms with Crippen molar-refractivity contribution in [3.05, 3.63) is 71.8 Å². The molecule has 6 nitrogen and oxygen atoms in total. The van der Waals surface area contributed by atoms with Crippen LogP contribution in [0.5, 0.6) is 0 Å². The van der Waals surface area contributed by atoms with E-state index in [1.165, 1.54) is 18.2 Å². The number of nitrogens with one attached hydrogen (secondary N) is 2. The van der Waals surface area contributed by atoms with Gasteiger partial charge in [0.1, 0.15) is 28.9 Å². The van der Waals surface area contributed by atoms with Crippen LogP contribution in [0.15, 0.2) is 53.1 Å². The molecule has 3 rings (SSSR count). The molecule has 0 radical (unpaired) electrons. The second kappa shape index (κ2) is 6.86. The first kappa shape index (κ1) is 15.6. The molecule has 1 aromatic carbocycles. The van der Waals surface area contributed by atoms with Gasteiger partial charge in [-0.3, -0.25) is 4.79 Å². The number of furan rings is 1. The monoisotopic (exact) mass is 330 g/mol. The molecule has 2 N–H and O–H groups in total. The van der Waals surface area contributed by atoms with Gasteiger partial charge in [0.2, 0.25) is 0 Å². The van der Waals surface area contributed by atoms with Crippen molar-refractivity contribution in [1.29, 1.82) is 0 Å². The summed E-state index contributed by atoms with van der Waals surface area (Å²) < 4.78 is 32.2. The molecule has 0 aliphatic heterocycles. The number of nitrogens with zero attached hydrogens (tertiary/aromatic N) is 2. The Bertz CT molecular complexity index is 816. The highest BCUT2D eigenvalue weighted by Gasteiger charge is 2.14.